The van der Waals surface area contributed by atoms with Gasteiger partial charge in [-0.1, -0.05) is 48.9 Å². The SMILES string of the molecule is CCc1ccc(/C(O)=C2/C(=O)C(=O)N(c3ccc(C)cc3)C2c2ccc(C)o2)cc1. The number of carbonyl (C=O) groups excluding carboxylic acids is 2. The van der Waals surface area contributed by atoms with Crippen LogP contribution < -0.4 is 4.90 Å². The zero-order valence-corrected chi connectivity index (χ0v) is 17.2. The highest BCUT2D eigenvalue weighted by atomic mass is 16.3. The van der Waals surface area contributed by atoms with Gasteiger partial charge in [0.05, 0.1) is 5.57 Å². The number of nitrogens with zero attached hydrogens (tertiary/aromatic N) is 1. The van der Waals surface area contributed by atoms with E-state index in [0.29, 0.717) is 22.8 Å². The van der Waals surface area contributed by atoms with Crippen LogP contribution in [0.5, 0.6) is 0 Å². The van der Waals surface area contributed by atoms with E-state index < -0.39 is 17.7 Å². The Labute approximate surface area is 175 Å². The summed E-state index contributed by atoms with van der Waals surface area (Å²) in [6, 6.07) is 17.3. The summed E-state index contributed by atoms with van der Waals surface area (Å²) >= 11 is 0. The fourth-order valence-corrected chi connectivity index (χ4v) is 3.73. The lowest BCUT2D eigenvalue weighted by atomic mass is 9.98. The van der Waals surface area contributed by atoms with E-state index in [-0.39, 0.29) is 11.3 Å². The van der Waals surface area contributed by atoms with Crippen LogP contribution in [0.15, 0.2) is 70.7 Å². The van der Waals surface area contributed by atoms with Crippen molar-refractivity contribution >= 4 is 23.1 Å². The van der Waals surface area contributed by atoms with E-state index in [1.54, 1.807) is 43.3 Å². The zero-order valence-electron chi connectivity index (χ0n) is 17.2. The van der Waals surface area contributed by atoms with Gasteiger partial charge in [0.25, 0.3) is 11.7 Å². The van der Waals surface area contributed by atoms with Crippen LogP contribution in [-0.2, 0) is 16.0 Å². The average Bonchev–Trinajstić information content (AvgIpc) is 3.29. The molecule has 0 aliphatic carbocycles. The van der Waals surface area contributed by atoms with Crippen molar-refractivity contribution in [2.24, 2.45) is 0 Å². The Morgan fingerprint density at radius 2 is 1.63 bits per heavy atom. The van der Waals surface area contributed by atoms with Crippen LogP contribution in [0, 0.1) is 13.8 Å². The molecular formula is C25H23NO4. The van der Waals surface area contributed by atoms with E-state index in [1.165, 1.54) is 4.90 Å². The molecule has 1 aliphatic heterocycles. The summed E-state index contributed by atoms with van der Waals surface area (Å²) in [7, 11) is 0. The second-order valence-electron chi connectivity index (χ2n) is 7.50. The van der Waals surface area contributed by atoms with Crippen molar-refractivity contribution in [2.75, 3.05) is 4.90 Å². The standard InChI is InChI=1S/C25H23NO4/c1-4-17-8-10-18(11-9-17)23(27)21-22(20-14-7-16(3)30-20)26(25(29)24(21)28)19-12-5-15(2)6-13-19/h5-14,22,27H,4H2,1-3H3/b23-21-. The highest BCUT2D eigenvalue weighted by Gasteiger charge is 2.48. The Bertz CT molecular complexity index is 1140. The molecule has 2 heterocycles. The maximum Gasteiger partial charge on any atom is 0.300 e. The van der Waals surface area contributed by atoms with Gasteiger partial charge in [0, 0.05) is 11.3 Å². The fraction of sp³-hybridized carbons (Fsp3) is 0.200. The van der Waals surface area contributed by atoms with Crippen molar-refractivity contribution in [1.29, 1.82) is 0 Å². The van der Waals surface area contributed by atoms with Gasteiger partial charge in [0.1, 0.15) is 23.3 Å². The smallest absolute Gasteiger partial charge is 0.300 e. The molecule has 1 aliphatic rings. The van der Waals surface area contributed by atoms with E-state index in [0.717, 1.165) is 17.5 Å². The van der Waals surface area contributed by atoms with Gasteiger partial charge in [-0.3, -0.25) is 14.5 Å². The molecule has 0 radical (unpaired) electrons. The predicted octanol–water partition coefficient (Wildman–Crippen LogP) is 5.09. The number of hydrogen-bond donors (Lipinski definition) is 1. The van der Waals surface area contributed by atoms with Gasteiger partial charge in [-0.25, -0.2) is 0 Å². The Hall–Kier alpha value is -3.60. The molecule has 0 bridgehead atoms. The van der Waals surface area contributed by atoms with E-state index >= 15 is 0 Å². The van der Waals surface area contributed by atoms with E-state index in [2.05, 4.69) is 0 Å². The monoisotopic (exact) mass is 401 g/mol. The number of benzene rings is 2. The van der Waals surface area contributed by atoms with Gasteiger partial charge in [-0.05, 0) is 50.1 Å². The Morgan fingerprint density at radius 1 is 0.967 bits per heavy atom. The highest BCUT2D eigenvalue weighted by molar-refractivity contribution is 6.51. The summed E-state index contributed by atoms with van der Waals surface area (Å²) in [5.41, 5.74) is 3.24. The minimum atomic E-state index is -0.841. The van der Waals surface area contributed by atoms with Crippen molar-refractivity contribution in [2.45, 2.75) is 33.2 Å². The lowest BCUT2D eigenvalue weighted by Crippen LogP contribution is -2.29. The Kier molecular flexibility index (Phi) is 5.04. The first-order chi connectivity index (χ1) is 14.4. The molecule has 0 spiro atoms. The summed E-state index contributed by atoms with van der Waals surface area (Å²) < 4.78 is 5.80. The first kappa shape index (κ1) is 19.7. The van der Waals surface area contributed by atoms with Crippen molar-refractivity contribution in [3.63, 3.8) is 0 Å². The van der Waals surface area contributed by atoms with Gasteiger partial charge in [-0.2, -0.15) is 0 Å². The van der Waals surface area contributed by atoms with Crippen LogP contribution in [-0.4, -0.2) is 16.8 Å². The van der Waals surface area contributed by atoms with E-state index in [1.807, 2.05) is 38.1 Å². The first-order valence-corrected chi connectivity index (χ1v) is 9.94. The number of aryl methyl sites for hydroxylation is 3. The van der Waals surface area contributed by atoms with Gasteiger partial charge in [-0.15, -0.1) is 0 Å². The Balaban J connectivity index is 1.90. The summed E-state index contributed by atoms with van der Waals surface area (Å²) in [4.78, 5) is 27.4. The van der Waals surface area contributed by atoms with Crippen LogP contribution in [0.3, 0.4) is 0 Å². The van der Waals surface area contributed by atoms with Gasteiger partial charge < -0.3 is 9.52 Å². The molecule has 3 aromatic rings. The molecular weight excluding hydrogens is 378 g/mol. The maximum absolute atomic E-state index is 13.0. The second kappa shape index (κ2) is 7.67. The molecule has 1 saturated heterocycles. The van der Waals surface area contributed by atoms with Gasteiger partial charge in [0.2, 0.25) is 0 Å². The highest BCUT2D eigenvalue weighted by Crippen LogP contribution is 2.42. The van der Waals surface area contributed by atoms with Crippen LogP contribution in [0.1, 0.15) is 41.2 Å². The molecule has 30 heavy (non-hydrogen) atoms. The molecule has 0 saturated carbocycles. The fourth-order valence-electron chi connectivity index (χ4n) is 3.73. The summed E-state index contributed by atoms with van der Waals surface area (Å²) in [6.45, 7) is 5.79. The van der Waals surface area contributed by atoms with Crippen LogP contribution in [0.2, 0.25) is 0 Å². The van der Waals surface area contributed by atoms with E-state index in [4.69, 9.17) is 4.42 Å². The predicted molar refractivity (Wildman–Crippen MR) is 115 cm³/mol. The molecule has 1 N–H and O–H groups in total. The molecule has 152 valence electrons. The summed E-state index contributed by atoms with van der Waals surface area (Å²) in [5, 5.41) is 11.1. The number of amides is 1. The molecule has 1 aromatic heterocycles. The lowest BCUT2D eigenvalue weighted by Gasteiger charge is -2.23. The van der Waals surface area contributed by atoms with Gasteiger partial charge in [0.15, 0.2) is 0 Å². The third-order valence-electron chi connectivity index (χ3n) is 5.42. The summed E-state index contributed by atoms with van der Waals surface area (Å²) in [5.74, 6) is -0.535. The third kappa shape index (κ3) is 3.32. The number of ketones is 1. The lowest BCUT2D eigenvalue weighted by molar-refractivity contribution is -0.132. The maximum atomic E-state index is 13.0. The summed E-state index contributed by atoms with van der Waals surface area (Å²) in [6.07, 6.45) is 0.866. The quantitative estimate of drug-likeness (QED) is 0.376. The molecule has 1 unspecified atom stereocenters. The topological polar surface area (TPSA) is 70.8 Å². The molecule has 4 rings (SSSR count). The van der Waals surface area contributed by atoms with Crippen molar-refractivity contribution < 1.29 is 19.1 Å². The molecule has 2 aromatic carbocycles. The van der Waals surface area contributed by atoms with Crippen molar-refractivity contribution in [3.05, 3.63) is 94.4 Å². The molecule has 1 atom stereocenters. The second-order valence-corrected chi connectivity index (χ2v) is 7.50. The number of anilines is 1. The number of hydrogen-bond acceptors (Lipinski definition) is 4. The number of carbonyl (C=O) groups is 2. The van der Waals surface area contributed by atoms with Crippen LogP contribution in [0.4, 0.5) is 5.69 Å². The average molecular weight is 401 g/mol. The normalized spacial score (nSPS) is 18.2. The number of aliphatic hydroxyl groups excluding tert-OH is 1. The zero-order chi connectivity index (χ0) is 21.4. The van der Waals surface area contributed by atoms with Crippen molar-refractivity contribution in [3.8, 4) is 0 Å². The number of aliphatic hydroxyl groups is 1. The number of furan rings is 1. The first-order valence-electron chi connectivity index (χ1n) is 9.94. The third-order valence-corrected chi connectivity index (χ3v) is 5.42. The largest absolute Gasteiger partial charge is 0.507 e. The molecule has 5 nitrogen and oxygen atoms in total. The number of rotatable bonds is 4. The molecule has 1 amide bonds. The number of Topliss-reactive ketones (excluding diaryl/α,β-unsaturated/α-hetero) is 1. The van der Waals surface area contributed by atoms with Crippen molar-refractivity contribution in [1.82, 2.24) is 0 Å². The van der Waals surface area contributed by atoms with Crippen LogP contribution >= 0.6 is 0 Å². The molecule has 1 fully saturated rings. The van der Waals surface area contributed by atoms with Crippen LogP contribution in [0.25, 0.3) is 5.76 Å². The minimum absolute atomic E-state index is 0.0270. The van der Waals surface area contributed by atoms with E-state index in [9.17, 15) is 14.7 Å². The minimum Gasteiger partial charge on any atom is -0.507 e. The van der Waals surface area contributed by atoms with Gasteiger partial charge >= 0.3 is 0 Å². The Morgan fingerprint density at radius 3 is 2.20 bits per heavy atom. The molecule has 5 heteroatoms.